The zero-order chi connectivity index (χ0) is 11.3. The van der Waals surface area contributed by atoms with Gasteiger partial charge >= 0.3 is 0 Å². The van der Waals surface area contributed by atoms with Crippen LogP contribution in [0.3, 0.4) is 0 Å². The van der Waals surface area contributed by atoms with Crippen LogP contribution in [0.2, 0.25) is 0 Å². The van der Waals surface area contributed by atoms with E-state index in [1.165, 1.54) is 6.33 Å². The fraction of sp³-hybridized carbons (Fsp3) is 0.600. The molecule has 0 aliphatic carbocycles. The molecule has 5 heteroatoms. The first-order chi connectivity index (χ1) is 7.11. The maximum Gasteiger partial charge on any atom is 0.154 e. The van der Waals surface area contributed by atoms with Gasteiger partial charge in [0.15, 0.2) is 5.82 Å². The minimum Gasteiger partial charge on any atom is -0.394 e. The van der Waals surface area contributed by atoms with Crippen molar-refractivity contribution in [3.05, 3.63) is 12.5 Å². The molecule has 0 bridgehead atoms. The van der Waals surface area contributed by atoms with Crippen LogP contribution in [0.15, 0.2) is 12.5 Å². The zero-order valence-electron chi connectivity index (χ0n) is 9.64. The van der Waals surface area contributed by atoms with Crippen molar-refractivity contribution in [2.75, 3.05) is 44.9 Å². The highest BCUT2D eigenvalue weighted by molar-refractivity contribution is 5.60. The number of anilines is 2. The van der Waals surface area contributed by atoms with Crippen molar-refractivity contribution in [3.63, 3.8) is 0 Å². The van der Waals surface area contributed by atoms with Crippen LogP contribution in [-0.2, 0) is 0 Å². The second kappa shape index (κ2) is 5.50. The van der Waals surface area contributed by atoms with Gasteiger partial charge < -0.3 is 15.5 Å². The Morgan fingerprint density at radius 3 is 2.60 bits per heavy atom. The van der Waals surface area contributed by atoms with Crippen LogP contribution in [0.4, 0.5) is 11.5 Å². The van der Waals surface area contributed by atoms with Crippen LogP contribution in [0, 0.1) is 0 Å². The van der Waals surface area contributed by atoms with Crippen molar-refractivity contribution in [3.8, 4) is 0 Å². The maximum absolute atomic E-state index is 5.78. The lowest BCUT2D eigenvalue weighted by molar-refractivity contribution is 0.401. The van der Waals surface area contributed by atoms with Gasteiger partial charge in [-0.15, -0.1) is 0 Å². The Morgan fingerprint density at radius 2 is 2.00 bits per heavy atom. The molecular formula is C10H19N5. The van der Waals surface area contributed by atoms with Crippen molar-refractivity contribution >= 4 is 11.5 Å². The second-order valence-corrected chi connectivity index (χ2v) is 3.88. The summed E-state index contributed by atoms with van der Waals surface area (Å²) in [5.74, 6) is 0.809. The number of nitrogens with zero attached hydrogens (tertiary/aromatic N) is 4. The largest absolute Gasteiger partial charge is 0.394 e. The average molecular weight is 209 g/mol. The standard InChI is InChI=1S/C10H19N5/c1-14(2)5-4-6-15(3)10-9(11)7-12-8-13-10/h7-8H,4-6,11H2,1-3H3. The Kier molecular flexibility index (Phi) is 4.30. The third kappa shape index (κ3) is 3.71. The van der Waals surface area contributed by atoms with E-state index in [0.29, 0.717) is 5.69 Å². The molecule has 2 N–H and O–H groups in total. The van der Waals surface area contributed by atoms with Crippen molar-refractivity contribution < 1.29 is 0 Å². The van der Waals surface area contributed by atoms with E-state index >= 15 is 0 Å². The van der Waals surface area contributed by atoms with Gasteiger partial charge in [-0.25, -0.2) is 9.97 Å². The average Bonchev–Trinajstić information content (AvgIpc) is 2.17. The van der Waals surface area contributed by atoms with E-state index < -0.39 is 0 Å². The lowest BCUT2D eigenvalue weighted by atomic mass is 10.3. The summed E-state index contributed by atoms with van der Waals surface area (Å²) in [7, 11) is 6.13. The number of hydrogen-bond donors (Lipinski definition) is 1. The number of rotatable bonds is 5. The SMILES string of the molecule is CN(C)CCCN(C)c1ncncc1N. The summed E-state index contributed by atoms with van der Waals surface area (Å²) in [6, 6.07) is 0. The summed E-state index contributed by atoms with van der Waals surface area (Å²) in [5.41, 5.74) is 6.41. The topological polar surface area (TPSA) is 58.3 Å². The Balaban J connectivity index is 2.47. The summed E-state index contributed by atoms with van der Waals surface area (Å²) in [6.45, 7) is 2.01. The van der Waals surface area contributed by atoms with Gasteiger partial charge in [-0.1, -0.05) is 0 Å². The van der Waals surface area contributed by atoms with Gasteiger partial charge in [0.2, 0.25) is 0 Å². The van der Waals surface area contributed by atoms with Gasteiger partial charge in [0, 0.05) is 13.6 Å². The van der Waals surface area contributed by atoms with E-state index in [-0.39, 0.29) is 0 Å². The predicted molar refractivity (Wildman–Crippen MR) is 62.9 cm³/mol. The van der Waals surface area contributed by atoms with Crippen molar-refractivity contribution in [1.29, 1.82) is 0 Å². The Bertz CT molecular complexity index is 300. The zero-order valence-corrected chi connectivity index (χ0v) is 9.64. The monoisotopic (exact) mass is 209 g/mol. The lowest BCUT2D eigenvalue weighted by Crippen LogP contribution is -2.24. The smallest absolute Gasteiger partial charge is 0.154 e. The third-order valence-electron chi connectivity index (χ3n) is 2.18. The number of nitrogens with two attached hydrogens (primary N) is 1. The molecule has 5 nitrogen and oxygen atoms in total. The quantitative estimate of drug-likeness (QED) is 0.763. The maximum atomic E-state index is 5.78. The summed E-state index contributed by atoms with van der Waals surface area (Å²) < 4.78 is 0. The highest BCUT2D eigenvalue weighted by Gasteiger charge is 2.05. The second-order valence-electron chi connectivity index (χ2n) is 3.88. The van der Waals surface area contributed by atoms with Crippen LogP contribution in [0.25, 0.3) is 0 Å². The molecule has 0 radical (unpaired) electrons. The highest BCUT2D eigenvalue weighted by atomic mass is 15.2. The predicted octanol–water partition coefficient (Wildman–Crippen LogP) is 0.447. The van der Waals surface area contributed by atoms with E-state index in [9.17, 15) is 0 Å². The molecular weight excluding hydrogens is 190 g/mol. The van der Waals surface area contributed by atoms with E-state index in [4.69, 9.17) is 5.73 Å². The Morgan fingerprint density at radius 1 is 1.27 bits per heavy atom. The normalized spacial score (nSPS) is 10.7. The fourth-order valence-corrected chi connectivity index (χ4v) is 1.38. The third-order valence-corrected chi connectivity index (χ3v) is 2.18. The molecule has 1 rings (SSSR count). The van der Waals surface area contributed by atoms with Gasteiger partial charge in [0.1, 0.15) is 6.33 Å². The van der Waals surface area contributed by atoms with Crippen LogP contribution in [0.5, 0.6) is 0 Å². The van der Waals surface area contributed by atoms with Gasteiger partial charge in [-0.3, -0.25) is 0 Å². The molecule has 84 valence electrons. The fourth-order valence-electron chi connectivity index (χ4n) is 1.38. The Hall–Kier alpha value is -1.36. The minimum absolute atomic E-state index is 0.629. The van der Waals surface area contributed by atoms with Gasteiger partial charge in [-0.2, -0.15) is 0 Å². The summed E-state index contributed by atoms with van der Waals surface area (Å²) >= 11 is 0. The van der Waals surface area contributed by atoms with E-state index in [1.807, 2.05) is 7.05 Å². The van der Waals surface area contributed by atoms with Crippen molar-refractivity contribution in [2.24, 2.45) is 0 Å². The molecule has 0 unspecified atom stereocenters. The molecule has 0 aliphatic heterocycles. The molecule has 0 fully saturated rings. The molecule has 1 aromatic heterocycles. The van der Waals surface area contributed by atoms with E-state index in [2.05, 4.69) is 33.9 Å². The minimum atomic E-state index is 0.629. The molecule has 0 aromatic carbocycles. The molecule has 0 atom stereocenters. The van der Waals surface area contributed by atoms with E-state index in [1.54, 1.807) is 6.20 Å². The van der Waals surface area contributed by atoms with Crippen LogP contribution >= 0.6 is 0 Å². The molecule has 15 heavy (non-hydrogen) atoms. The summed E-state index contributed by atoms with van der Waals surface area (Å²) in [5, 5.41) is 0. The van der Waals surface area contributed by atoms with Crippen molar-refractivity contribution in [2.45, 2.75) is 6.42 Å². The van der Waals surface area contributed by atoms with Gasteiger partial charge in [0.25, 0.3) is 0 Å². The number of aromatic nitrogens is 2. The molecule has 0 saturated heterocycles. The van der Waals surface area contributed by atoms with Gasteiger partial charge in [0.05, 0.1) is 11.9 Å². The first-order valence-corrected chi connectivity index (χ1v) is 5.02. The van der Waals surface area contributed by atoms with E-state index in [0.717, 1.165) is 25.3 Å². The lowest BCUT2D eigenvalue weighted by Gasteiger charge is -2.20. The molecule has 0 aliphatic rings. The van der Waals surface area contributed by atoms with Crippen molar-refractivity contribution in [1.82, 2.24) is 14.9 Å². The Labute approximate surface area is 90.9 Å². The van der Waals surface area contributed by atoms with Crippen LogP contribution in [-0.4, -0.2) is 49.1 Å². The molecule has 0 amide bonds. The molecule has 1 aromatic rings. The van der Waals surface area contributed by atoms with Crippen LogP contribution < -0.4 is 10.6 Å². The van der Waals surface area contributed by atoms with Gasteiger partial charge in [-0.05, 0) is 27.1 Å². The number of nitrogen functional groups attached to an aromatic ring is 1. The molecule has 0 saturated carbocycles. The highest BCUT2D eigenvalue weighted by Crippen LogP contribution is 2.16. The first kappa shape index (κ1) is 11.7. The molecule has 1 heterocycles. The molecule has 0 spiro atoms. The summed E-state index contributed by atoms with van der Waals surface area (Å²) in [6.07, 6.45) is 4.24. The first-order valence-electron chi connectivity index (χ1n) is 5.02. The van der Waals surface area contributed by atoms with Crippen LogP contribution in [0.1, 0.15) is 6.42 Å². The summed E-state index contributed by atoms with van der Waals surface area (Å²) in [4.78, 5) is 12.2. The number of hydrogen-bond acceptors (Lipinski definition) is 5.